The Morgan fingerprint density at radius 2 is 2.18 bits per heavy atom. The Labute approximate surface area is 74.1 Å². The molecule has 0 spiro atoms. The van der Waals surface area contributed by atoms with Crippen LogP contribution in [0.3, 0.4) is 0 Å². The normalized spacial score (nSPS) is 34.9. The lowest BCUT2D eigenvalue weighted by Crippen LogP contribution is -2.51. The van der Waals surface area contributed by atoms with E-state index in [-0.39, 0.29) is 5.41 Å². The Morgan fingerprint density at radius 3 is 2.55 bits per heavy atom. The molecule has 0 amide bonds. The van der Waals surface area contributed by atoms with Crippen molar-refractivity contribution in [1.82, 2.24) is 0 Å². The van der Waals surface area contributed by atoms with Gasteiger partial charge in [0, 0.05) is 17.4 Å². The predicted octanol–water partition coefficient (Wildman–Crippen LogP) is 2.82. The van der Waals surface area contributed by atoms with Crippen LogP contribution in [0, 0.1) is 5.41 Å². The molecule has 2 unspecified atom stereocenters. The van der Waals surface area contributed by atoms with E-state index in [4.69, 9.17) is 16.3 Å². The first-order chi connectivity index (χ1) is 5.09. The van der Waals surface area contributed by atoms with Crippen LogP contribution in [0.2, 0.25) is 0 Å². The van der Waals surface area contributed by atoms with Gasteiger partial charge < -0.3 is 4.74 Å². The molecule has 0 saturated heterocycles. The largest absolute Gasteiger partial charge is 0.378 e. The Balaban J connectivity index is 2.28. The fourth-order valence-corrected chi connectivity index (χ4v) is 1.68. The molecule has 1 nitrogen and oxygen atoms in total. The lowest BCUT2D eigenvalue weighted by Gasteiger charge is -2.48. The van der Waals surface area contributed by atoms with Crippen molar-refractivity contribution < 1.29 is 4.74 Å². The zero-order chi connectivity index (χ0) is 8.48. The molecule has 1 aliphatic carbocycles. The summed E-state index contributed by atoms with van der Waals surface area (Å²) in [5.74, 6) is 0. The van der Waals surface area contributed by atoms with Crippen molar-refractivity contribution in [2.24, 2.45) is 5.41 Å². The Hall–Kier alpha value is 0.250. The Morgan fingerprint density at radius 1 is 1.55 bits per heavy atom. The van der Waals surface area contributed by atoms with Crippen molar-refractivity contribution in [3.63, 3.8) is 0 Å². The van der Waals surface area contributed by atoms with E-state index in [1.165, 1.54) is 0 Å². The van der Waals surface area contributed by atoms with Gasteiger partial charge in [-0.05, 0) is 12.8 Å². The number of hydrogen-bond donors (Lipinski definition) is 0. The highest BCUT2D eigenvalue weighted by Gasteiger charge is 2.47. The van der Waals surface area contributed by atoms with E-state index >= 15 is 0 Å². The van der Waals surface area contributed by atoms with Crippen LogP contribution in [0.5, 0.6) is 0 Å². The number of rotatable bonds is 3. The van der Waals surface area contributed by atoms with Crippen LogP contribution >= 0.6 is 11.6 Å². The maximum Gasteiger partial charge on any atom is 0.0654 e. The van der Waals surface area contributed by atoms with Gasteiger partial charge in [0.2, 0.25) is 0 Å². The second-order valence-corrected chi connectivity index (χ2v) is 4.41. The van der Waals surface area contributed by atoms with Crippen molar-refractivity contribution in [3.05, 3.63) is 0 Å². The SMILES string of the molecule is CCCOC1CC(Cl)C1(C)C. The van der Waals surface area contributed by atoms with E-state index in [1.807, 2.05) is 0 Å². The molecule has 11 heavy (non-hydrogen) atoms. The summed E-state index contributed by atoms with van der Waals surface area (Å²) in [6.07, 6.45) is 2.51. The molecule has 0 heterocycles. The van der Waals surface area contributed by atoms with Gasteiger partial charge in [-0.2, -0.15) is 0 Å². The van der Waals surface area contributed by atoms with Crippen LogP contribution in [0.4, 0.5) is 0 Å². The molecular formula is C9H17ClO. The summed E-state index contributed by atoms with van der Waals surface area (Å²) in [6.45, 7) is 7.35. The summed E-state index contributed by atoms with van der Waals surface area (Å²) >= 11 is 6.03. The lowest BCUT2D eigenvalue weighted by atomic mass is 9.68. The minimum absolute atomic E-state index is 0.191. The van der Waals surface area contributed by atoms with Crippen molar-refractivity contribution in [2.45, 2.75) is 45.1 Å². The van der Waals surface area contributed by atoms with Crippen LogP contribution < -0.4 is 0 Å². The van der Waals surface area contributed by atoms with Crippen LogP contribution in [0.1, 0.15) is 33.6 Å². The molecule has 1 fully saturated rings. The van der Waals surface area contributed by atoms with Gasteiger partial charge in [0.05, 0.1) is 6.10 Å². The average molecular weight is 177 g/mol. The predicted molar refractivity (Wildman–Crippen MR) is 48.1 cm³/mol. The van der Waals surface area contributed by atoms with Gasteiger partial charge in [0.25, 0.3) is 0 Å². The molecule has 0 aliphatic heterocycles. The number of ether oxygens (including phenoxy) is 1. The fraction of sp³-hybridized carbons (Fsp3) is 1.00. The van der Waals surface area contributed by atoms with Gasteiger partial charge >= 0.3 is 0 Å². The number of alkyl halides is 1. The number of hydrogen-bond acceptors (Lipinski definition) is 1. The molecule has 2 heteroatoms. The van der Waals surface area contributed by atoms with Crippen molar-refractivity contribution >= 4 is 11.6 Å². The summed E-state index contributed by atoms with van der Waals surface area (Å²) in [4.78, 5) is 0. The molecule has 2 atom stereocenters. The molecule has 0 bridgehead atoms. The van der Waals surface area contributed by atoms with Crippen molar-refractivity contribution in [1.29, 1.82) is 0 Å². The Kier molecular flexibility index (Phi) is 2.82. The summed E-state index contributed by atoms with van der Waals surface area (Å²) in [5, 5.41) is 0.310. The fourth-order valence-electron chi connectivity index (χ4n) is 1.38. The molecule has 1 rings (SSSR count). The monoisotopic (exact) mass is 176 g/mol. The third-order valence-corrected chi connectivity index (χ3v) is 3.32. The van der Waals surface area contributed by atoms with Crippen LogP contribution in [-0.4, -0.2) is 18.1 Å². The van der Waals surface area contributed by atoms with E-state index < -0.39 is 0 Å². The molecule has 1 saturated carbocycles. The van der Waals surface area contributed by atoms with Crippen LogP contribution in [-0.2, 0) is 4.74 Å². The Bertz CT molecular complexity index is 134. The first-order valence-corrected chi connectivity index (χ1v) is 4.78. The third-order valence-electron chi connectivity index (χ3n) is 2.58. The second kappa shape index (κ2) is 3.32. The van der Waals surface area contributed by atoms with Gasteiger partial charge in [-0.25, -0.2) is 0 Å². The highest BCUT2D eigenvalue weighted by Crippen LogP contribution is 2.46. The molecule has 0 aromatic heterocycles. The van der Waals surface area contributed by atoms with Crippen LogP contribution in [0.25, 0.3) is 0 Å². The maximum absolute atomic E-state index is 6.03. The standard InChI is InChI=1S/C9H17ClO/c1-4-5-11-8-6-7(10)9(8,2)3/h7-8H,4-6H2,1-3H3. The first-order valence-electron chi connectivity index (χ1n) is 4.34. The summed E-state index contributed by atoms with van der Waals surface area (Å²) in [6, 6.07) is 0. The molecule has 0 radical (unpaired) electrons. The van der Waals surface area contributed by atoms with E-state index in [0.717, 1.165) is 19.4 Å². The zero-order valence-electron chi connectivity index (χ0n) is 7.56. The molecule has 0 aromatic carbocycles. The molecule has 66 valence electrons. The quantitative estimate of drug-likeness (QED) is 0.601. The van der Waals surface area contributed by atoms with E-state index in [1.54, 1.807) is 0 Å². The molecular weight excluding hydrogens is 160 g/mol. The molecule has 1 aliphatic rings. The zero-order valence-corrected chi connectivity index (χ0v) is 8.32. The smallest absolute Gasteiger partial charge is 0.0654 e. The minimum Gasteiger partial charge on any atom is -0.378 e. The summed E-state index contributed by atoms with van der Waals surface area (Å²) in [5.41, 5.74) is 0.191. The topological polar surface area (TPSA) is 9.23 Å². The molecule has 0 N–H and O–H groups in total. The molecule has 0 aromatic rings. The van der Waals surface area contributed by atoms with Crippen molar-refractivity contribution in [2.75, 3.05) is 6.61 Å². The average Bonchev–Trinajstić information content (AvgIpc) is 1.97. The van der Waals surface area contributed by atoms with Crippen molar-refractivity contribution in [3.8, 4) is 0 Å². The highest BCUT2D eigenvalue weighted by atomic mass is 35.5. The van der Waals surface area contributed by atoms with Gasteiger partial charge in [-0.15, -0.1) is 11.6 Å². The van der Waals surface area contributed by atoms with E-state index in [9.17, 15) is 0 Å². The lowest BCUT2D eigenvalue weighted by molar-refractivity contribution is -0.0881. The van der Waals surface area contributed by atoms with Gasteiger partial charge in [0.15, 0.2) is 0 Å². The van der Waals surface area contributed by atoms with Gasteiger partial charge in [0.1, 0.15) is 0 Å². The summed E-state index contributed by atoms with van der Waals surface area (Å²) < 4.78 is 5.63. The van der Waals surface area contributed by atoms with E-state index in [2.05, 4.69) is 20.8 Å². The highest BCUT2D eigenvalue weighted by molar-refractivity contribution is 6.21. The van der Waals surface area contributed by atoms with Gasteiger partial charge in [-0.3, -0.25) is 0 Å². The second-order valence-electron chi connectivity index (χ2n) is 3.88. The van der Waals surface area contributed by atoms with Crippen LogP contribution in [0.15, 0.2) is 0 Å². The summed E-state index contributed by atoms with van der Waals surface area (Å²) in [7, 11) is 0. The van der Waals surface area contributed by atoms with E-state index in [0.29, 0.717) is 11.5 Å². The first kappa shape index (κ1) is 9.34. The number of halogens is 1. The maximum atomic E-state index is 6.03. The van der Waals surface area contributed by atoms with Gasteiger partial charge in [-0.1, -0.05) is 20.8 Å². The minimum atomic E-state index is 0.191. The third kappa shape index (κ3) is 1.70.